The Bertz CT molecular complexity index is 3440. The van der Waals surface area contributed by atoms with Crippen molar-refractivity contribution in [1.82, 2.24) is 0 Å². The Morgan fingerprint density at radius 1 is 0.366 bits per heavy atom. The van der Waals surface area contributed by atoms with Crippen LogP contribution in [-0.4, -0.2) is 0 Å². The Balaban J connectivity index is 1.18. The van der Waals surface area contributed by atoms with Crippen molar-refractivity contribution in [2.24, 2.45) is 0 Å². The van der Waals surface area contributed by atoms with Gasteiger partial charge in [-0.05, 0) is 166 Å². The smallest absolute Gasteiger partial charge is 0.0713 e. The maximum absolute atomic E-state index is 2.56. The number of rotatable bonds is 9. The minimum atomic E-state index is -0.544. The highest BCUT2D eigenvalue weighted by molar-refractivity contribution is 5.97. The highest BCUT2D eigenvalue weighted by Crippen LogP contribution is 2.60. The van der Waals surface area contributed by atoms with E-state index in [1.807, 2.05) is 0 Å². The number of benzene rings is 9. The summed E-state index contributed by atoms with van der Waals surface area (Å²) < 4.78 is 0. The largest absolute Gasteiger partial charge is 0.310 e. The van der Waals surface area contributed by atoms with E-state index in [1.54, 1.807) is 0 Å². The lowest BCUT2D eigenvalue weighted by Gasteiger charge is -2.35. The average Bonchev–Trinajstić information content (AvgIpc) is 3.81. The highest BCUT2D eigenvalue weighted by Gasteiger charge is 2.48. The van der Waals surface area contributed by atoms with Crippen LogP contribution >= 0.6 is 0 Å². The van der Waals surface area contributed by atoms with Crippen LogP contribution in [0.4, 0.5) is 17.1 Å². The summed E-state index contributed by atoms with van der Waals surface area (Å²) in [7, 11) is 0. The van der Waals surface area contributed by atoms with Crippen LogP contribution in [0.1, 0.15) is 125 Å². The van der Waals surface area contributed by atoms with Gasteiger partial charge < -0.3 is 4.90 Å². The summed E-state index contributed by atoms with van der Waals surface area (Å²) in [6.45, 7) is 23.4. The van der Waals surface area contributed by atoms with Crippen LogP contribution in [0.3, 0.4) is 0 Å². The van der Waals surface area contributed by atoms with Gasteiger partial charge >= 0.3 is 0 Å². The van der Waals surface area contributed by atoms with Crippen LogP contribution in [0.15, 0.2) is 200 Å². The summed E-state index contributed by atoms with van der Waals surface area (Å²) in [5.74, 6) is 0. The van der Waals surface area contributed by atoms with Crippen LogP contribution in [0.2, 0.25) is 0 Å². The molecule has 0 aliphatic heterocycles. The summed E-state index contributed by atoms with van der Waals surface area (Å²) in [5.41, 5.74) is 26.4. The molecular formula is C70H67N. The van der Waals surface area contributed by atoms with Gasteiger partial charge in [0.25, 0.3) is 0 Å². The predicted molar refractivity (Wildman–Crippen MR) is 303 cm³/mol. The summed E-state index contributed by atoms with van der Waals surface area (Å²) in [4.78, 5) is 2.52. The first-order chi connectivity index (χ1) is 34.1. The third-order valence-corrected chi connectivity index (χ3v) is 16.0. The predicted octanol–water partition coefficient (Wildman–Crippen LogP) is 18.9. The second-order valence-electron chi connectivity index (χ2n) is 22.7. The molecule has 352 valence electrons. The first-order valence-corrected chi connectivity index (χ1v) is 26.0. The van der Waals surface area contributed by atoms with E-state index in [0.29, 0.717) is 0 Å². The first-order valence-electron chi connectivity index (χ1n) is 26.0. The van der Waals surface area contributed by atoms with Crippen molar-refractivity contribution in [2.45, 2.75) is 104 Å². The number of hydrogen-bond donors (Lipinski definition) is 0. The van der Waals surface area contributed by atoms with Gasteiger partial charge in [-0.1, -0.05) is 227 Å². The van der Waals surface area contributed by atoms with E-state index in [0.717, 1.165) is 29.9 Å². The molecule has 0 bridgehead atoms. The molecule has 11 rings (SSSR count). The van der Waals surface area contributed by atoms with Gasteiger partial charge in [0.2, 0.25) is 0 Å². The fraction of sp³-hybridized carbons (Fsp3) is 0.229. The van der Waals surface area contributed by atoms with Crippen molar-refractivity contribution in [3.05, 3.63) is 256 Å². The van der Waals surface area contributed by atoms with Gasteiger partial charge in [0.05, 0.1) is 5.41 Å². The van der Waals surface area contributed by atoms with Gasteiger partial charge in [-0.15, -0.1) is 0 Å². The topological polar surface area (TPSA) is 3.24 Å². The van der Waals surface area contributed by atoms with E-state index < -0.39 is 5.41 Å². The molecule has 9 aromatic carbocycles. The number of aryl methyl sites for hydroxylation is 2. The molecular weight excluding hydrogens is 855 g/mol. The van der Waals surface area contributed by atoms with E-state index in [1.165, 1.54) is 100 Å². The fourth-order valence-corrected chi connectivity index (χ4v) is 12.2. The van der Waals surface area contributed by atoms with Gasteiger partial charge in [0.15, 0.2) is 0 Å². The molecule has 0 saturated carbocycles. The van der Waals surface area contributed by atoms with E-state index in [-0.39, 0.29) is 16.2 Å². The van der Waals surface area contributed by atoms with Crippen molar-refractivity contribution >= 4 is 17.1 Å². The first kappa shape index (κ1) is 46.2. The van der Waals surface area contributed by atoms with Crippen LogP contribution in [0, 0.1) is 0 Å². The third-order valence-electron chi connectivity index (χ3n) is 16.0. The van der Waals surface area contributed by atoms with Gasteiger partial charge in [-0.3, -0.25) is 0 Å². The van der Waals surface area contributed by atoms with E-state index in [9.17, 15) is 0 Å². The molecule has 1 nitrogen and oxygen atoms in total. The van der Waals surface area contributed by atoms with Crippen LogP contribution in [0.25, 0.3) is 44.5 Å². The third kappa shape index (κ3) is 7.51. The molecule has 0 fully saturated rings. The maximum atomic E-state index is 2.56. The molecule has 1 heteroatoms. The fourth-order valence-electron chi connectivity index (χ4n) is 12.2. The molecule has 0 atom stereocenters. The van der Waals surface area contributed by atoms with Crippen molar-refractivity contribution in [3.63, 3.8) is 0 Å². The lowest BCUT2D eigenvalue weighted by atomic mass is 9.66. The van der Waals surface area contributed by atoms with Crippen molar-refractivity contribution in [1.29, 1.82) is 0 Å². The standard InChI is InChI=1S/C70H67N/c1-11-46-24-19-20-31-56(46)57-38-35-54(40-47(57)12-2)71(55-36-39-59-58-32-21-22-33-62(58)69(9,10)63(59)45-55)53-30-23-25-48(41-53)61-42-52(68(6,7)8)44-65-66(61)60-37-34-51(67(3,4)5)43-64(60)70(65,49-26-15-13-16-27-49)50-28-17-14-18-29-50/h13-45H,11-12H2,1-10H3. The lowest BCUT2D eigenvalue weighted by Crippen LogP contribution is -2.29. The SMILES string of the molecule is CCc1ccccc1-c1ccc(N(c2cccc(-c3cc(C(C)(C)C)cc4c3-c3ccc(C(C)(C)C)cc3C4(c3ccccc3)c3ccccc3)c2)c2ccc3c(c2)C(C)(C)c2ccccc2-3)cc1CC. The second kappa shape index (κ2) is 17.3. The summed E-state index contributed by atoms with van der Waals surface area (Å²) in [6, 6.07) is 76.7. The molecule has 2 aliphatic rings. The molecule has 0 unspecified atom stereocenters. The summed E-state index contributed by atoms with van der Waals surface area (Å²) >= 11 is 0. The molecule has 0 radical (unpaired) electrons. The monoisotopic (exact) mass is 922 g/mol. The Labute approximate surface area is 423 Å². The van der Waals surface area contributed by atoms with E-state index >= 15 is 0 Å². The normalized spacial score (nSPS) is 14.1. The van der Waals surface area contributed by atoms with Crippen molar-refractivity contribution in [3.8, 4) is 44.5 Å². The number of nitrogens with zero attached hydrogens (tertiary/aromatic N) is 1. The molecule has 0 saturated heterocycles. The average molecular weight is 922 g/mol. The number of hydrogen-bond acceptors (Lipinski definition) is 1. The zero-order valence-corrected chi connectivity index (χ0v) is 43.4. The Kier molecular flexibility index (Phi) is 11.2. The molecule has 0 heterocycles. The number of anilines is 3. The second-order valence-corrected chi connectivity index (χ2v) is 22.7. The lowest BCUT2D eigenvalue weighted by molar-refractivity contribution is 0.586. The summed E-state index contributed by atoms with van der Waals surface area (Å²) in [6.07, 6.45) is 1.92. The quantitative estimate of drug-likeness (QED) is 0.139. The highest BCUT2D eigenvalue weighted by atomic mass is 15.1. The zero-order chi connectivity index (χ0) is 49.5. The van der Waals surface area contributed by atoms with Gasteiger partial charge in [0.1, 0.15) is 0 Å². The molecule has 71 heavy (non-hydrogen) atoms. The van der Waals surface area contributed by atoms with Crippen molar-refractivity contribution in [2.75, 3.05) is 4.90 Å². The van der Waals surface area contributed by atoms with Gasteiger partial charge in [-0.2, -0.15) is 0 Å². The Morgan fingerprint density at radius 3 is 1.56 bits per heavy atom. The molecule has 2 aliphatic carbocycles. The maximum Gasteiger partial charge on any atom is 0.0713 e. The van der Waals surface area contributed by atoms with E-state index in [4.69, 9.17) is 0 Å². The molecule has 0 amide bonds. The molecule has 0 aromatic heterocycles. The number of fused-ring (bicyclic) bond motifs is 6. The molecule has 0 N–H and O–H groups in total. The van der Waals surface area contributed by atoms with Crippen molar-refractivity contribution < 1.29 is 0 Å². The van der Waals surface area contributed by atoms with Crippen LogP contribution in [0.5, 0.6) is 0 Å². The van der Waals surface area contributed by atoms with Gasteiger partial charge in [-0.25, -0.2) is 0 Å². The Morgan fingerprint density at radius 2 is 0.901 bits per heavy atom. The van der Waals surface area contributed by atoms with Crippen LogP contribution < -0.4 is 4.90 Å². The Hall–Kier alpha value is -7.22. The van der Waals surface area contributed by atoms with E-state index in [2.05, 4.69) is 274 Å². The zero-order valence-electron chi connectivity index (χ0n) is 43.4. The minimum Gasteiger partial charge on any atom is -0.310 e. The molecule has 0 spiro atoms. The summed E-state index contributed by atoms with van der Waals surface area (Å²) in [5, 5.41) is 0. The minimum absolute atomic E-state index is 0.0368. The van der Waals surface area contributed by atoms with Crippen LogP contribution in [-0.2, 0) is 34.5 Å². The molecule has 9 aromatic rings. The van der Waals surface area contributed by atoms with Gasteiger partial charge in [0, 0.05) is 22.5 Å².